The van der Waals surface area contributed by atoms with Crippen molar-refractivity contribution < 1.29 is 14.5 Å². The minimum Gasteiger partial charge on any atom is -0.488 e. The lowest BCUT2D eigenvalue weighted by molar-refractivity contribution is -0.384. The van der Waals surface area contributed by atoms with Gasteiger partial charge in [0.1, 0.15) is 12.4 Å². The Morgan fingerprint density at radius 2 is 1.87 bits per heavy atom. The van der Waals surface area contributed by atoms with Gasteiger partial charge in [-0.15, -0.1) is 0 Å². The van der Waals surface area contributed by atoms with Crippen molar-refractivity contribution in [1.82, 2.24) is 0 Å². The van der Waals surface area contributed by atoms with E-state index < -0.39 is 4.92 Å². The second kappa shape index (κ2) is 6.27. The van der Waals surface area contributed by atoms with Crippen LogP contribution in [0.25, 0.3) is 6.08 Å². The summed E-state index contributed by atoms with van der Waals surface area (Å²) in [5.74, 6) is 0.617. The van der Waals surface area contributed by atoms with Crippen LogP contribution in [0.15, 0.2) is 66.3 Å². The van der Waals surface area contributed by atoms with Crippen LogP contribution < -0.4 is 4.74 Å². The van der Waals surface area contributed by atoms with Crippen LogP contribution in [0.1, 0.15) is 15.9 Å². The van der Waals surface area contributed by atoms with Gasteiger partial charge in [-0.25, -0.2) is 0 Å². The number of allylic oxidation sites excluding steroid dienone is 1. The topological polar surface area (TPSA) is 69.4 Å². The fourth-order valence-corrected chi connectivity index (χ4v) is 2.26. The zero-order valence-electron chi connectivity index (χ0n) is 12.1. The number of ketones is 1. The number of hydrogen-bond acceptors (Lipinski definition) is 4. The van der Waals surface area contributed by atoms with Crippen LogP contribution in [0.3, 0.4) is 0 Å². The Labute approximate surface area is 132 Å². The van der Waals surface area contributed by atoms with Crippen molar-refractivity contribution in [3.05, 3.63) is 87.5 Å². The lowest BCUT2D eigenvalue weighted by atomic mass is 10.1. The number of nitro groups is 1. The molecule has 2 aromatic carbocycles. The highest BCUT2D eigenvalue weighted by molar-refractivity contribution is 6.05. The minimum absolute atomic E-state index is 0.0366. The van der Waals surface area contributed by atoms with E-state index in [1.807, 2.05) is 30.3 Å². The summed E-state index contributed by atoms with van der Waals surface area (Å²) >= 11 is 0. The molecule has 0 amide bonds. The summed E-state index contributed by atoms with van der Waals surface area (Å²) < 4.78 is 5.61. The van der Waals surface area contributed by atoms with Crippen LogP contribution in [0.2, 0.25) is 0 Å². The van der Waals surface area contributed by atoms with Gasteiger partial charge in [-0.3, -0.25) is 14.9 Å². The third-order valence-corrected chi connectivity index (χ3v) is 3.47. The third-order valence-electron chi connectivity index (χ3n) is 3.47. The summed E-state index contributed by atoms with van der Waals surface area (Å²) in [5.41, 5.74) is 2.23. The Bertz CT molecular complexity index is 819. The molecule has 0 atom stereocenters. The molecule has 5 nitrogen and oxygen atoms in total. The minimum atomic E-state index is -0.494. The van der Waals surface area contributed by atoms with E-state index >= 15 is 0 Å². The number of ether oxygens (including phenoxy) is 1. The molecule has 1 aliphatic rings. The van der Waals surface area contributed by atoms with Gasteiger partial charge in [0.05, 0.1) is 4.92 Å². The number of rotatable bonds is 4. The van der Waals surface area contributed by atoms with Crippen molar-refractivity contribution >= 4 is 17.5 Å². The van der Waals surface area contributed by atoms with Gasteiger partial charge >= 0.3 is 0 Å². The Morgan fingerprint density at radius 3 is 2.61 bits per heavy atom. The van der Waals surface area contributed by atoms with E-state index in [4.69, 9.17) is 4.74 Å². The molecule has 0 aliphatic carbocycles. The van der Waals surface area contributed by atoms with Crippen molar-refractivity contribution in [3.63, 3.8) is 0 Å². The van der Waals surface area contributed by atoms with E-state index in [9.17, 15) is 14.9 Å². The van der Waals surface area contributed by atoms with Gasteiger partial charge in [-0.05, 0) is 35.9 Å². The summed E-state index contributed by atoms with van der Waals surface area (Å²) in [5, 5.41) is 10.6. The van der Waals surface area contributed by atoms with Crippen molar-refractivity contribution in [2.45, 2.75) is 0 Å². The second-order valence-corrected chi connectivity index (χ2v) is 5.05. The predicted octanol–water partition coefficient (Wildman–Crippen LogP) is 3.81. The van der Waals surface area contributed by atoms with E-state index in [0.29, 0.717) is 12.2 Å². The van der Waals surface area contributed by atoms with E-state index in [1.54, 1.807) is 6.08 Å². The van der Waals surface area contributed by atoms with E-state index in [-0.39, 0.29) is 11.5 Å². The summed E-state index contributed by atoms with van der Waals surface area (Å²) in [6, 6.07) is 13.2. The summed E-state index contributed by atoms with van der Waals surface area (Å²) in [6.45, 7) is 0.404. The molecule has 23 heavy (non-hydrogen) atoms. The summed E-state index contributed by atoms with van der Waals surface area (Å²) in [4.78, 5) is 22.2. The maximum absolute atomic E-state index is 12.1. The molecule has 0 N–H and O–H groups in total. The van der Waals surface area contributed by atoms with Crippen LogP contribution in [-0.4, -0.2) is 17.3 Å². The molecule has 1 heterocycles. The van der Waals surface area contributed by atoms with Gasteiger partial charge in [0.25, 0.3) is 5.69 Å². The van der Waals surface area contributed by atoms with Crippen LogP contribution in [0, 0.1) is 10.1 Å². The Kier molecular flexibility index (Phi) is 4.01. The molecule has 0 saturated heterocycles. The first-order valence-electron chi connectivity index (χ1n) is 7.03. The zero-order chi connectivity index (χ0) is 16.2. The summed E-state index contributed by atoms with van der Waals surface area (Å²) in [7, 11) is 0. The second-order valence-electron chi connectivity index (χ2n) is 5.05. The maximum atomic E-state index is 12.1. The van der Waals surface area contributed by atoms with Gasteiger partial charge in [0.2, 0.25) is 0 Å². The van der Waals surface area contributed by atoms with E-state index in [2.05, 4.69) is 0 Å². The van der Waals surface area contributed by atoms with Crippen molar-refractivity contribution in [2.75, 3.05) is 6.61 Å². The average molecular weight is 307 g/mol. The van der Waals surface area contributed by atoms with E-state index in [0.717, 1.165) is 16.9 Å². The normalized spacial score (nSPS) is 13.1. The Hall–Kier alpha value is -3.21. The maximum Gasteiger partial charge on any atom is 0.269 e. The molecule has 0 aromatic heterocycles. The number of nitro benzene ring substituents is 1. The molecule has 0 saturated carbocycles. The number of non-ortho nitro benzene ring substituents is 1. The highest BCUT2D eigenvalue weighted by atomic mass is 16.6. The van der Waals surface area contributed by atoms with Crippen molar-refractivity contribution in [1.29, 1.82) is 0 Å². The van der Waals surface area contributed by atoms with E-state index in [1.165, 1.54) is 30.3 Å². The standard InChI is InChI=1S/C18H13NO4/c20-17(14-6-8-16(9-7-14)19(21)22)10-5-13-11-15-3-1-2-4-18(15)23-12-13/h1-11H,12H2/b10-5+. The quantitative estimate of drug-likeness (QED) is 0.373. The number of para-hydroxylation sites is 1. The van der Waals surface area contributed by atoms with Crippen molar-refractivity contribution in [2.24, 2.45) is 0 Å². The molecule has 5 heteroatoms. The molecular formula is C18H13NO4. The predicted molar refractivity (Wildman–Crippen MR) is 86.5 cm³/mol. The summed E-state index contributed by atoms with van der Waals surface area (Å²) in [6.07, 6.45) is 5.13. The smallest absolute Gasteiger partial charge is 0.269 e. The molecule has 0 fully saturated rings. The van der Waals surface area contributed by atoms with Gasteiger partial charge < -0.3 is 4.74 Å². The van der Waals surface area contributed by atoms with Crippen LogP contribution in [0.4, 0.5) is 5.69 Å². The number of fused-ring (bicyclic) bond motifs is 1. The van der Waals surface area contributed by atoms with Crippen LogP contribution in [0.5, 0.6) is 5.75 Å². The number of benzene rings is 2. The van der Waals surface area contributed by atoms with Crippen LogP contribution >= 0.6 is 0 Å². The molecule has 3 rings (SSSR count). The molecule has 0 spiro atoms. The highest BCUT2D eigenvalue weighted by Crippen LogP contribution is 2.26. The Balaban J connectivity index is 1.74. The largest absolute Gasteiger partial charge is 0.488 e. The Morgan fingerprint density at radius 1 is 1.13 bits per heavy atom. The number of carbonyl (C=O) groups excluding carboxylic acids is 1. The molecule has 2 aromatic rings. The number of hydrogen-bond donors (Lipinski definition) is 0. The average Bonchev–Trinajstić information content (AvgIpc) is 2.59. The first kappa shape index (κ1) is 14.7. The monoisotopic (exact) mass is 307 g/mol. The fourth-order valence-electron chi connectivity index (χ4n) is 2.26. The highest BCUT2D eigenvalue weighted by Gasteiger charge is 2.10. The SMILES string of the molecule is O=C(/C=C/C1=Cc2ccccc2OC1)c1ccc([N+](=O)[O-])cc1. The number of nitrogens with zero attached hydrogens (tertiary/aromatic N) is 1. The molecule has 0 radical (unpaired) electrons. The molecule has 1 aliphatic heterocycles. The first-order chi connectivity index (χ1) is 11.1. The van der Waals surface area contributed by atoms with Gasteiger partial charge in [-0.2, -0.15) is 0 Å². The number of carbonyl (C=O) groups is 1. The fraction of sp³-hybridized carbons (Fsp3) is 0.0556. The van der Waals surface area contributed by atoms with Gasteiger partial charge in [-0.1, -0.05) is 24.3 Å². The lowest BCUT2D eigenvalue weighted by Gasteiger charge is -2.15. The first-order valence-corrected chi connectivity index (χ1v) is 7.03. The van der Waals surface area contributed by atoms with Crippen LogP contribution in [-0.2, 0) is 0 Å². The van der Waals surface area contributed by atoms with Gasteiger partial charge in [0.15, 0.2) is 5.78 Å². The lowest BCUT2D eigenvalue weighted by Crippen LogP contribution is -2.06. The molecule has 0 unspecified atom stereocenters. The third kappa shape index (κ3) is 3.35. The zero-order valence-corrected chi connectivity index (χ0v) is 12.1. The molecular weight excluding hydrogens is 294 g/mol. The molecule has 114 valence electrons. The van der Waals surface area contributed by atoms with Crippen molar-refractivity contribution in [3.8, 4) is 5.75 Å². The molecule has 0 bridgehead atoms. The van der Waals surface area contributed by atoms with Gasteiger partial charge in [0, 0.05) is 23.3 Å².